The molecule has 0 saturated heterocycles. The smallest absolute Gasteiger partial charge is 0.224 e. The van der Waals surface area contributed by atoms with E-state index >= 15 is 0 Å². The van der Waals surface area contributed by atoms with Crippen molar-refractivity contribution in [3.05, 3.63) is 29.8 Å². The normalized spacial score (nSPS) is 10.6. The first-order chi connectivity index (χ1) is 8.11. The average molecular weight is 235 g/mol. The molecule has 0 atom stereocenters. The molecule has 0 fully saturated rings. The van der Waals surface area contributed by atoms with Gasteiger partial charge in [0, 0.05) is 18.7 Å². The summed E-state index contributed by atoms with van der Waals surface area (Å²) in [5, 5.41) is 2.88. The minimum atomic E-state index is 0.0565. The van der Waals surface area contributed by atoms with Crippen molar-refractivity contribution in [3.63, 3.8) is 0 Å². The van der Waals surface area contributed by atoms with Gasteiger partial charge in [-0.2, -0.15) is 0 Å². The summed E-state index contributed by atoms with van der Waals surface area (Å²) in [6.07, 6.45) is 1.42. The van der Waals surface area contributed by atoms with Gasteiger partial charge >= 0.3 is 0 Å². The highest BCUT2D eigenvalue weighted by atomic mass is 16.1. The van der Waals surface area contributed by atoms with Crippen LogP contribution >= 0.6 is 0 Å². The standard InChI is InChI=1S/C13H21N3O/c1-16(2)8-4-7-13(17)15-12-6-3-5-11(9-12)10-14/h3,5-6,9H,4,7-8,10,14H2,1-2H3,(H,15,17). The lowest BCUT2D eigenvalue weighted by molar-refractivity contribution is -0.116. The molecule has 94 valence electrons. The van der Waals surface area contributed by atoms with Crippen LogP contribution in [0.4, 0.5) is 5.69 Å². The third-order valence-electron chi connectivity index (χ3n) is 2.46. The molecule has 4 nitrogen and oxygen atoms in total. The fraction of sp³-hybridized carbons (Fsp3) is 0.462. The van der Waals surface area contributed by atoms with Crippen molar-refractivity contribution in [2.45, 2.75) is 19.4 Å². The van der Waals surface area contributed by atoms with Crippen LogP contribution in [0, 0.1) is 0 Å². The van der Waals surface area contributed by atoms with E-state index in [1.807, 2.05) is 38.4 Å². The Morgan fingerprint density at radius 1 is 1.41 bits per heavy atom. The van der Waals surface area contributed by atoms with Gasteiger partial charge in [0.25, 0.3) is 0 Å². The van der Waals surface area contributed by atoms with Crippen molar-refractivity contribution in [1.82, 2.24) is 4.90 Å². The number of amides is 1. The zero-order valence-electron chi connectivity index (χ0n) is 10.6. The quantitative estimate of drug-likeness (QED) is 0.784. The summed E-state index contributed by atoms with van der Waals surface area (Å²) in [6, 6.07) is 7.63. The lowest BCUT2D eigenvalue weighted by Crippen LogP contribution is -2.17. The molecule has 1 aromatic carbocycles. The van der Waals surface area contributed by atoms with Gasteiger partial charge < -0.3 is 16.0 Å². The minimum Gasteiger partial charge on any atom is -0.326 e. The number of carbonyl (C=O) groups is 1. The third-order valence-corrected chi connectivity index (χ3v) is 2.46. The maximum absolute atomic E-state index is 11.6. The first-order valence-electron chi connectivity index (χ1n) is 5.85. The second-order valence-electron chi connectivity index (χ2n) is 4.36. The second kappa shape index (κ2) is 7.04. The molecule has 1 aromatic rings. The summed E-state index contributed by atoms with van der Waals surface area (Å²) in [6.45, 7) is 1.42. The molecule has 0 unspecified atom stereocenters. The third kappa shape index (κ3) is 5.47. The van der Waals surface area contributed by atoms with Crippen molar-refractivity contribution in [1.29, 1.82) is 0 Å². The Balaban J connectivity index is 2.39. The highest BCUT2D eigenvalue weighted by Gasteiger charge is 2.03. The summed E-state index contributed by atoms with van der Waals surface area (Å²) in [4.78, 5) is 13.7. The van der Waals surface area contributed by atoms with Gasteiger partial charge in [-0.3, -0.25) is 4.79 Å². The summed E-state index contributed by atoms with van der Waals surface area (Å²) < 4.78 is 0. The Labute approximate surface area is 103 Å². The van der Waals surface area contributed by atoms with E-state index in [4.69, 9.17) is 5.73 Å². The molecule has 17 heavy (non-hydrogen) atoms. The topological polar surface area (TPSA) is 58.4 Å². The fourth-order valence-corrected chi connectivity index (χ4v) is 1.56. The molecule has 0 spiro atoms. The van der Waals surface area contributed by atoms with E-state index in [1.165, 1.54) is 0 Å². The summed E-state index contributed by atoms with van der Waals surface area (Å²) in [5.74, 6) is 0.0565. The zero-order chi connectivity index (χ0) is 12.7. The van der Waals surface area contributed by atoms with Gasteiger partial charge in [0.2, 0.25) is 5.91 Å². The fourth-order valence-electron chi connectivity index (χ4n) is 1.56. The van der Waals surface area contributed by atoms with Crippen LogP contribution in [0.5, 0.6) is 0 Å². The van der Waals surface area contributed by atoms with E-state index in [1.54, 1.807) is 0 Å². The highest BCUT2D eigenvalue weighted by molar-refractivity contribution is 5.90. The molecule has 1 rings (SSSR count). The minimum absolute atomic E-state index is 0.0565. The average Bonchev–Trinajstić information content (AvgIpc) is 2.28. The van der Waals surface area contributed by atoms with Gasteiger partial charge in [0.05, 0.1) is 0 Å². The van der Waals surface area contributed by atoms with Crippen LogP contribution in [-0.4, -0.2) is 31.4 Å². The molecule has 0 saturated carbocycles. The van der Waals surface area contributed by atoms with Gasteiger partial charge in [0.15, 0.2) is 0 Å². The summed E-state index contributed by atoms with van der Waals surface area (Å²) in [5.41, 5.74) is 7.39. The number of carbonyl (C=O) groups excluding carboxylic acids is 1. The molecular weight excluding hydrogens is 214 g/mol. The van der Waals surface area contributed by atoms with Crippen LogP contribution in [0.1, 0.15) is 18.4 Å². The van der Waals surface area contributed by atoms with E-state index in [9.17, 15) is 4.79 Å². The monoisotopic (exact) mass is 235 g/mol. The molecule has 0 heterocycles. The Kier molecular flexibility index (Phi) is 5.66. The number of rotatable bonds is 6. The number of hydrogen-bond donors (Lipinski definition) is 2. The predicted octanol–water partition coefficient (Wildman–Crippen LogP) is 1.43. The first-order valence-corrected chi connectivity index (χ1v) is 5.85. The van der Waals surface area contributed by atoms with Crippen LogP contribution in [0.3, 0.4) is 0 Å². The molecule has 0 aliphatic rings. The van der Waals surface area contributed by atoms with Crippen LogP contribution in [0.2, 0.25) is 0 Å². The predicted molar refractivity (Wildman–Crippen MR) is 70.8 cm³/mol. The van der Waals surface area contributed by atoms with Crippen LogP contribution in [0.25, 0.3) is 0 Å². The van der Waals surface area contributed by atoms with Crippen molar-refractivity contribution < 1.29 is 4.79 Å². The van der Waals surface area contributed by atoms with Crippen LogP contribution in [-0.2, 0) is 11.3 Å². The number of benzene rings is 1. The van der Waals surface area contributed by atoms with Gasteiger partial charge in [0.1, 0.15) is 0 Å². The molecule has 3 N–H and O–H groups in total. The Hall–Kier alpha value is -1.39. The Morgan fingerprint density at radius 2 is 2.18 bits per heavy atom. The summed E-state index contributed by atoms with van der Waals surface area (Å²) >= 11 is 0. The number of nitrogens with zero attached hydrogens (tertiary/aromatic N) is 1. The first kappa shape index (κ1) is 13.7. The molecule has 0 aliphatic heterocycles. The molecule has 0 radical (unpaired) electrons. The molecule has 0 aromatic heterocycles. The maximum atomic E-state index is 11.6. The van der Waals surface area contributed by atoms with E-state index in [-0.39, 0.29) is 5.91 Å². The lowest BCUT2D eigenvalue weighted by Gasteiger charge is -2.09. The molecular formula is C13H21N3O. The zero-order valence-corrected chi connectivity index (χ0v) is 10.6. The van der Waals surface area contributed by atoms with E-state index in [0.29, 0.717) is 13.0 Å². The Bertz CT molecular complexity index is 363. The van der Waals surface area contributed by atoms with E-state index in [0.717, 1.165) is 24.2 Å². The van der Waals surface area contributed by atoms with E-state index < -0.39 is 0 Å². The van der Waals surface area contributed by atoms with Crippen LogP contribution in [0.15, 0.2) is 24.3 Å². The van der Waals surface area contributed by atoms with Gasteiger partial charge in [-0.25, -0.2) is 0 Å². The molecule has 1 amide bonds. The summed E-state index contributed by atoms with van der Waals surface area (Å²) in [7, 11) is 4.01. The number of nitrogens with two attached hydrogens (primary N) is 1. The largest absolute Gasteiger partial charge is 0.326 e. The van der Waals surface area contributed by atoms with E-state index in [2.05, 4.69) is 10.2 Å². The van der Waals surface area contributed by atoms with Crippen molar-refractivity contribution >= 4 is 11.6 Å². The molecule has 0 aliphatic carbocycles. The Morgan fingerprint density at radius 3 is 2.82 bits per heavy atom. The van der Waals surface area contributed by atoms with Gasteiger partial charge in [-0.15, -0.1) is 0 Å². The maximum Gasteiger partial charge on any atom is 0.224 e. The number of nitrogens with one attached hydrogen (secondary N) is 1. The van der Waals surface area contributed by atoms with Gasteiger partial charge in [-0.05, 0) is 44.8 Å². The number of anilines is 1. The van der Waals surface area contributed by atoms with Crippen molar-refractivity contribution in [2.75, 3.05) is 26.0 Å². The molecule has 0 bridgehead atoms. The molecule has 4 heteroatoms. The second-order valence-corrected chi connectivity index (χ2v) is 4.36. The highest BCUT2D eigenvalue weighted by Crippen LogP contribution is 2.10. The van der Waals surface area contributed by atoms with Crippen molar-refractivity contribution in [3.8, 4) is 0 Å². The number of hydrogen-bond acceptors (Lipinski definition) is 3. The van der Waals surface area contributed by atoms with Gasteiger partial charge in [-0.1, -0.05) is 12.1 Å². The SMILES string of the molecule is CN(C)CCCC(=O)Nc1cccc(CN)c1. The lowest BCUT2D eigenvalue weighted by atomic mass is 10.2. The van der Waals surface area contributed by atoms with Crippen molar-refractivity contribution in [2.24, 2.45) is 5.73 Å². The van der Waals surface area contributed by atoms with Crippen LogP contribution < -0.4 is 11.1 Å².